The van der Waals surface area contributed by atoms with Gasteiger partial charge in [-0.15, -0.1) is 15.3 Å². The highest BCUT2D eigenvalue weighted by Gasteiger charge is 2.28. The summed E-state index contributed by atoms with van der Waals surface area (Å²) in [5, 5.41) is 26.9. The van der Waals surface area contributed by atoms with Gasteiger partial charge in [-0.2, -0.15) is 4.80 Å². The van der Waals surface area contributed by atoms with Crippen LogP contribution < -0.4 is 4.90 Å². The third-order valence-electron chi connectivity index (χ3n) is 4.52. The number of anilines is 1. The molecule has 0 aliphatic carbocycles. The Kier molecular flexibility index (Phi) is 3.87. The predicted octanol–water partition coefficient (Wildman–Crippen LogP) is 0.267. The van der Waals surface area contributed by atoms with Gasteiger partial charge >= 0.3 is 0 Å². The highest BCUT2D eigenvalue weighted by atomic mass is 16.3. The van der Waals surface area contributed by atoms with Crippen LogP contribution in [-0.2, 0) is 19.0 Å². The number of aromatic nitrogens is 8. The van der Waals surface area contributed by atoms with Gasteiger partial charge in [0.2, 0.25) is 5.65 Å². The number of hydrogen-bond donors (Lipinski definition) is 1. The van der Waals surface area contributed by atoms with Crippen molar-refractivity contribution in [3.8, 4) is 0 Å². The summed E-state index contributed by atoms with van der Waals surface area (Å²) in [4.78, 5) is 13.1. The van der Waals surface area contributed by atoms with E-state index in [1.807, 2.05) is 7.05 Å². The Balaban J connectivity index is 1.80. The number of β-amino-alcohol motifs (C(OH)–C–C–N with tert-alkyl or cyclic N) is 1. The van der Waals surface area contributed by atoms with E-state index in [4.69, 9.17) is 4.98 Å². The summed E-state index contributed by atoms with van der Waals surface area (Å²) in [6.45, 7) is 7.96. The van der Waals surface area contributed by atoms with Gasteiger partial charge < -0.3 is 10.0 Å². The van der Waals surface area contributed by atoms with Gasteiger partial charge in [0.1, 0.15) is 12.4 Å². The summed E-state index contributed by atoms with van der Waals surface area (Å²) in [5.74, 6) is 1.46. The summed E-state index contributed by atoms with van der Waals surface area (Å²) in [6.07, 6.45) is 2.08. The van der Waals surface area contributed by atoms with Crippen LogP contribution in [0.25, 0.3) is 11.2 Å². The lowest BCUT2D eigenvalue weighted by molar-refractivity contribution is 0.198. The molecule has 1 unspecified atom stereocenters. The molecule has 0 radical (unpaired) electrons. The smallest absolute Gasteiger partial charge is 0.207 e. The number of aliphatic hydroxyl groups is 1. The fourth-order valence-corrected chi connectivity index (χ4v) is 3.00. The molecule has 0 amide bonds. The van der Waals surface area contributed by atoms with Crippen LogP contribution in [0.1, 0.15) is 38.7 Å². The zero-order valence-electron chi connectivity index (χ0n) is 15.5. The van der Waals surface area contributed by atoms with E-state index >= 15 is 0 Å². The average molecular weight is 357 g/mol. The average Bonchev–Trinajstić information content (AvgIpc) is 3.26. The van der Waals surface area contributed by atoms with Crippen molar-refractivity contribution in [3.63, 3.8) is 0 Å². The molecule has 0 bridgehead atoms. The van der Waals surface area contributed by atoms with Gasteiger partial charge in [-0.1, -0.05) is 26.0 Å². The number of aliphatic hydroxyl groups excluding tert-OH is 1. The van der Waals surface area contributed by atoms with Crippen molar-refractivity contribution in [1.82, 2.24) is 40.0 Å². The molecule has 1 aliphatic heterocycles. The largest absolute Gasteiger partial charge is 0.391 e. The van der Waals surface area contributed by atoms with Gasteiger partial charge in [0.05, 0.1) is 18.0 Å². The molecule has 3 aromatic rings. The fraction of sp³-hybridized carbons (Fsp3) is 0.625. The van der Waals surface area contributed by atoms with Crippen LogP contribution in [0.2, 0.25) is 0 Å². The molecule has 138 valence electrons. The van der Waals surface area contributed by atoms with Crippen LogP contribution in [0.4, 0.5) is 5.82 Å². The standard InChI is InChI=1S/C16H23N9O/c1-16(2,3)15-18-13-12(14(19-15)24-6-5-11(26)9-24)20-25(21-13)8-10-7-17-22-23(10)4/h7,11,26H,5-6,8-9H2,1-4H3. The van der Waals surface area contributed by atoms with Crippen molar-refractivity contribution in [2.75, 3.05) is 18.0 Å². The van der Waals surface area contributed by atoms with Crippen molar-refractivity contribution < 1.29 is 5.11 Å². The number of fused-ring (bicyclic) bond motifs is 1. The van der Waals surface area contributed by atoms with Crippen molar-refractivity contribution in [1.29, 1.82) is 0 Å². The van der Waals surface area contributed by atoms with Crippen molar-refractivity contribution in [2.45, 2.75) is 45.3 Å². The molecular formula is C16H23N9O. The van der Waals surface area contributed by atoms with Crippen LogP contribution in [0.15, 0.2) is 6.20 Å². The maximum Gasteiger partial charge on any atom is 0.207 e. The zero-order valence-corrected chi connectivity index (χ0v) is 15.5. The first-order chi connectivity index (χ1) is 12.3. The third-order valence-corrected chi connectivity index (χ3v) is 4.52. The highest BCUT2D eigenvalue weighted by molar-refractivity contribution is 5.82. The molecule has 1 saturated heterocycles. The number of hydrogen-bond acceptors (Lipinski definition) is 8. The Labute approximate surface area is 150 Å². The summed E-state index contributed by atoms with van der Waals surface area (Å²) < 4.78 is 1.69. The van der Waals surface area contributed by atoms with Crippen molar-refractivity contribution in [2.24, 2.45) is 7.05 Å². The number of nitrogens with zero attached hydrogens (tertiary/aromatic N) is 9. The third kappa shape index (κ3) is 3.00. The summed E-state index contributed by atoms with van der Waals surface area (Å²) >= 11 is 0. The van der Waals surface area contributed by atoms with E-state index in [1.54, 1.807) is 15.7 Å². The molecule has 1 N–H and O–H groups in total. The van der Waals surface area contributed by atoms with Crippen LogP contribution >= 0.6 is 0 Å². The monoisotopic (exact) mass is 357 g/mol. The molecule has 1 fully saturated rings. The van der Waals surface area contributed by atoms with Crippen molar-refractivity contribution >= 4 is 17.0 Å². The zero-order chi connectivity index (χ0) is 18.5. The van der Waals surface area contributed by atoms with E-state index in [1.165, 1.54) is 0 Å². The minimum atomic E-state index is -0.339. The quantitative estimate of drug-likeness (QED) is 0.711. The first-order valence-electron chi connectivity index (χ1n) is 8.71. The molecule has 26 heavy (non-hydrogen) atoms. The molecule has 3 aromatic heterocycles. The molecule has 0 aromatic carbocycles. The molecule has 1 aliphatic rings. The minimum absolute atomic E-state index is 0.211. The summed E-state index contributed by atoms with van der Waals surface area (Å²) in [6, 6.07) is 0. The minimum Gasteiger partial charge on any atom is -0.391 e. The summed E-state index contributed by atoms with van der Waals surface area (Å²) in [5.41, 5.74) is 1.91. The Bertz CT molecular complexity index is 939. The van der Waals surface area contributed by atoms with Crippen LogP contribution in [0.3, 0.4) is 0 Å². The van der Waals surface area contributed by atoms with Gasteiger partial charge in [-0.3, -0.25) is 4.68 Å². The second-order valence-electron chi connectivity index (χ2n) is 7.76. The molecule has 1 atom stereocenters. The normalized spacial score (nSPS) is 18.2. The molecule has 0 saturated carbocycles. The molecule has 10 heteroatoms. The van der Waals surface area contributed by atoms with E-state index < -0.39 is 0 Å². The Morgan fingerprint density at radius 3 is 2.65 bits per heavy atom. The Hall–Kier alpha value is -2.62. The van der Waals surface area contributed by atoms with E-state index in [0.29, 0.717) is 24.3 Å². The van der Waals surface area contributed by atoms with E-state index in [-0.39, 0.29) is 11.5 Å². The van der Waals surface area contributed by atoms with Gasteiger partial charge in [-0.25, -0.2) is 9.97 Å². The fourth-order valence-electron chi connectivity index (χ4n) is 3.00. The Morgan fingerprint density at radius 1 is 1.23 bits per heavy atom. The number of aryl methyl sites for hydroxylation is 1. The first kappa shape index (κ1) is 16.8. The summed E-state index contributed by atoms with van der Waals surface area (Å²) in [7, 11) is 1.83. The second-order valence-corrected chi connectivity index (χ2v) is 7.76. The molecule has 10 nitrogen and oxygen atoms in total. The first-order valence-corrected chi connectivity index (χ1v) is 8.71. The van der Waals surface area contributed by atoms with Crippen molar-refractivity contribution in [3.05, 3.63) is 17.7 Å². The molecule has 4 heterocycles. The Morgan fingerprint density at radius 2 is 2.04 bits per heavy atom. The van der Waals surface area contributed by atoms with Gasteiger partial charge in [0.15, 0.2) is 11.3 Å². The van der Waals surface area contributed by atoms with E-state index in [0.717, 1.165) is 30.3 Å². The van der Waals surface area contributed by atoms with Gasteiger partial charge in [-0.05, 0) is 6.42 Å². The topological polar surface area (TPSA) is 111 Å². The van der Waals surface area contributed by atoms with E-state index in [9.17, 15) is 5.11 Å². The lowest BCUT2D eigenvalue weighted by Gasteiger charge is -2.21. The highest BCUT2D eigenvalue weighted by Crippen LogP contribution is 2.28. The van der Waals surface area contributed by atoms with Crippen LogP contribution in [0.5, 0.6) is 0 Å². The lowest BCUT2D eigenvalue weighted by Crippen LogP contribution is -2.25. The second kappa shape index (κ2) is 5.97. The number of rotatable bonds is 3. The maximum atomic E-state index is 9.93. The van der Waals surface area contributed by atoms with E-state index in [2.05, 4.69) is 51.2 Å². The van der Waals surface area contributed by atoms with Crippen LogP contribution in [-0.4, -0.2) is 64.3 Å². The molecule has 0 spiro atoms. The van der Waals surface area contributed by atoms with Gasteiger partial charge in [0, 0.05) is 25.6 Å². The molecular weight excluding hydrogens is 334 g/mol. The van der Waals surface area contributed by atoms with Gasteiger partial charge in [0.25, 0.3) is 0 Å². The predicted molar refractivity (Wildman–Crippen MR) is 94.8 cm³/mol. The molecule has 4 rings (SSSR count). The lowest BCUT2D eigenvalue weighted by atomic mass is 9.96. The SMILES string of the molecule is Cn1nncc1Cn1nc2nc(C(C)(C)C)nc(N3CCC(O)C3)c2n1. The maximum absolute atomic E-state index is 9.93. The van der Waals surface area contributed by atoms with Crippen LogP contribution in [0, 0.1) is 0 Å².